The molecule has 0 amide bonds. The molecule has 0 aliphatic rings. The third kappa shape index (κ3) is 78.7. The molecule has 630 valence electrons. The van der Waals surface area contributed by atoms with Crippen LogP contribution in [0.5, 0.6) is 0 Å². The zero-order valence-electron chi connectivity index (χ0n) is 69.7. The minimum Gasteiger partial charge on any atom is -0.462 e. The van der Waals surface area contributed by atoms with E-state index in [9.17, 15) is 43.2 Å². The molecule has 0 heterocycles. The highest BCUT2D eigenvalue weighted by Gasteiger charge is 2.30. The average Bonchev–Trinajstić information content (AvgIpc) is 0.904. The molecule has 0 saturated heterocycles. The van der Waals surface area contributed by atoms with E-state index in [-0.39, 0.29) is 25.7 Å². The predicted octanol–water partition coefficient (Wildman–Crippen LogP) is 26.6. The van der Waals surface area contributed by atoms with Crippen molar-refractivity contribution in [3.05, 3.63) is 0 Å². The highest BCUT2D eigenvalue weighted by molar-refractivity contribution is 7.47. The lowest BCUT2D eigenvalue weighted by Gasteiger charge is -2.21. The topological polar surface area (TPSA) is 237 Å². The first kappa shape index (κ1) is 104. The maximum Gasteiger partial charge on any atom is 0.472 e. The van der Waals surface area contributed by atoms with E-state index in [0.29, 0.717) is 25.7 Å². The van der Waals surface area contributed by atoms with Crippen LogP contribution in [0.2, 0.25) is 0 Å². The van der Waals surface area contributed by atoms with Crippen LogP contribution in [0.3, 0.4) is 0 Å². The number of carbonyl (C=O) groups is 4. The summed E-state index contributed by atoms with van der Waals surface area (Å²) in [7, 11) is -9.93. The Labute approximate surface area is 651 Å². The number of hydrogen-bond donors (Lipinski definition) is 3. The Kier molecular flexibility index (Phi) is 76.9. The van der Waals surface area contributed by atoms with Crippen molar-refractivity contribution in [1.82, 2.24) is 0 Å². The smallest absolute Gasteiger partial charge is 0.462 e. The van der Waals surface area contributed by atoms with Gasteiger partial charge in [0, 0.05) is 25.7 Å². The van der Waals surface area contributed by atoms with Gasteiger partial charge in [0.15, 0.2) is 12.2 Å². The molecule has 0 radical (unpaired) electrons. The van der Waals surface area contributed by atoms with Gasteiger partial charge in [0.2, 0.25) is 0 Å². The van der Waals surface area contributed by atoms with Gasteiger partial charge in [-0.1, -0.05) is 414 Å². The van der Waals surface area contributed by atoms with Gasteiger partial charge in [-0.3, -0.25) is 37.3 Å². The minimum absolute atomic E-state index is 0.106. The molecule has 6 atom stereocenters. The Morgan fingerprint density at radius 3 is 0.717 bits per heavy atom. The van der Waals surface area contributed by atoms with Crippen molar-refractivity contribution in [2.24, 2.45) is 11.8 Å². The maximum absolute atomic E-state index is 13.2. The zero-order valence-corrected chi connectivity index (χ0v) is 71.5. The van der Waals surface area contributed by atoms with E-state index in [1.165, 1.54) is 283 Å². The van der Waals surface area contributed by atoms with Crippen molar-refractivity contribution in [3.8, 4) is 0 Å². The predicted molar refractivity (Wildman–Crippen MR) is 437 cm³/mol. The van der Waals surface area contributed by atoms with Crippen LogP contribution in [-0.2, 0) is 65.4 Å². The van der Waals surface area contributed by atoms with Gasteiger partial charge >= 0.3 is 39.5 Å². The molecule has 0 aliphatic heterocycles. The van der Waals surface area contributed by atoms with Gasteiger partial charge in [0.25, 0.3) is 0 Å². The summed E-state index contributed by atoms with van der Waals surface area (Å²) in [5, 5.41) is 10.7. The minimum atomic E-state index is -4.97. The summed E-state index contributed by atoms with van der Waals surface area (Å²) in [4.78, 5) is 73.3. The zero-order chi connectivity index (χ0) is 77.8. The first-order valence-corrected chi connectivity index (χ1v) is 48.0. The summed E-state index contributed by atoms with van der Waals surface area (Å²) in [6.07, 6.45) is 70.9. The third-order valence-electron chi connectivity index (χ3n) is 20.8. The van der Waals surface area contributed by atoms with Gasteiger partial charge in [0.1, 0.15) is 19.3 Å². The second-order valence-electron chi connectivity index (χ2n) is 32.0. The molecule has 3 N–H and O–H groups in total. The number of aliphatic hydroxyl groups excluding tert-OH is 1. The molecule has 0 bridgehead atoms. The molecule has 0 spiro atoms. The Balaban J connectivity index is 5.23. The largest absolute Gasteiger partial charge is 0.472 e. The van der Waals surface area contributed by atoms with E-state index in [0.717, 1.165) is 102 Å². The van der Waals surface area contributed by atoms with Gasteiger partial charge in [0.05, 0.1) is 26.4 Å². The molecular weight excluding hydrogens is 1380 g/mol. The number of hydrogen-bond acceptors (Lipinski definition) is 15. The highest BCUT2D eigenvalue weighted by Crippen LogP contribution is 2.45. The van der Waals surface area contributed by atoms with Gasteiger partial charge in [-0.15, -0.1) is 0 Å². The van der Waals surface area contributed by atoms with Crippen molar-refractivity contribution < 1.29 is 80.2 Å². The number of aliphatic hydroxyl groups is 1. The second kappa shape index (κ2) is 78.3. The van der Waals surface area contributed by atoms with Crippen LogP contribution in [0.1, 0.15) is 465 Å². The van der Waals surface area contributed by atoms with E-state index in [2.05, 4.69) is 41.5 Å². The highest BCUT2D eigenvalue weighted by atomic mass is 31.2. The Hall–Kier alpha value is -1.94. The number of phosphoric acid groups is 2. The fraction of sp³-hybridized carbons (Fsp3) is 0.954. The summed E-state index contributed by atoms with van der Waals surface area (Å²) in [6.45, 7) is 9.66. The number of phosphoric ester groups is 2. The molecule has 3 unspecified atom stereocenters. The number of esters is 4. The monoisotopic (exact) mass is 1550 g/mol. The number of carbonyl (C=O) groups excluding carboxylic acids is 4. The van der Waals surface area contributed by atoms with Crippen molar-refractivity contribution >= 4 is 39.5 Å². The molecule has 19 heteroatoms. The average molecular weight is 1550 g/mol. The molecule has 0 fully saturated rings. The lowest BCUT2D eigenvalue weighted by Crippen LogP contribution is -2.30. The van der Waals surface area contributed by atoms with E-state index in [4.69, 9.17) is 37.0 Å². The molecule has 0 saturated carbocycles. The van der Waals surface area contributed by atoms with E-state index < -0.39 is 97.5 Å². The summed E-state index contributed by atoms with van der Waals surface area (Å²) in [5.74, 6) is -0.574. The summed E-state index contributed by atoms with van der Waals surface area (Å²) >= 11 is 0. The molecule has 0 aromatic heterocycles. The number of ether oxygens (including phenoxy) is 4. The molecule has 0 aromatic carbocycles. The standard InChI is InChI=1S/C87H170O17P2/c1-7-10-12-14-16-18-20-22-24-26-28-29-30-32-34-36-38-40-45-53-59-65-71-86(91)103-82(75-97-84(89)69-63-57-51-44-39-37-35-33-31-27-25-23-21-19-17-15-13-11-8-2)77-101-105(93,94)99-73-81(88)74-100-106(95,96)102-78-83(76-98-85(90)70-64-58-52-48-47-50-56-62-68-80(6)9-3)104-87(92)72-66-60-54-46-42-41-43-49-55-61-67-79(4)5/h79-83,88H,7-78H2,1-6H3,(H,93,94)(H,95,96)/t80?,81-,82-,83-/m1/s1. The first-order chi connectivity index (χ1) is 51.4. The van der Waals surface area contributed by atoms with Gasteiger partial charge in [-0.25, -0.2) is 9.13 Å². The van der Waals surface area contributed by atoms with Crippen molar-refractivity contribution in [1.29, 1.82) is 0 Å². The first-order valence-electron chi connectivity index (χ1n) is 45.0. The number of rotatable bonds is 86. The van der Waals surface area contributed by atoms with Crippen LogP contribution < -0.4 is 0 Å². The van der Waals surface area contributed by atoms with Crippen molar-refractivity contribution in [2.75, 3.05) is 39.6 Å². The van der Waals surface area contributed by atoms with E-state index >= 15 is 0 Å². The van der Waals surface area contributed by atoms with Gasteiger partial charge in [-0.2, -0.15) is 0 Å². The summed E-state index contributed by atoms with van der Waals surface area (Å²) in [6, 6.07) is 0. The summed E-state index contributed by atoms with van der Waals surface area (Å²) in [5.41, 5.74) is 0. The van der Waals surface area contributed by atoms with Crippen LogP contribution in [0.25, 0.3) is 0 Å². The molecule has 0 rings (SSSR count). The lowest BCUT2D eigenvalue weighted by atomic mass is 9.99. The van der Waals surface area contributed by atoms with Crippen LogP contribution >= 0.6 is 15.6 Å². The molecule has 17 nitrogen and oxygen atoms in total. The van der Waals surface area contributed by atoms with Crippen molar-refractivity contribution in [3.63, 3.8) is 0 Å². The van der Waals surface area contributed by atoms with E-state index in [1.807, 2.05) is 0 Å². The normalized spacial score (nSPS) is 14.1. The Morgan fingerprint density at radius 1 is 0.274 bits per heavy atom. The quantitative estimate of drug-likeness (QED) is 0.0222. The van der Waals surface area contributed by atoms with Crippen molar-refractivity contribution in [2.45, 2.75) is 484 Å². The molecule has 106 heavy (non-hydrogen) atoms. The molecular formula is C87H170O17P2. The second-order valence-corrected chi connectivity index (χ2v) is 34.9. The van der Waals surface area contributed by atoms with Crippen LogP contribution in [-0.4, -0.2) is 96.7 Å². The Bertz CT molecular complexity index is 2030. The van der Waals surface area contributed by atoms with Gasteiger partial charge < -0.3 is 33.8 Å². The lowest BCUT2D eigenvalue weighted by molar-refractivity contribution is -0.161. The maximum atomic E-state index is 13.2. The van der Waals surface area contributed by atoms with Crippen LogP contribution in [0, 0.1) is 11.8 Å². The third-order valence-corrected chi connectivity index (χ3v) is 22.7. The molecule has 0 aliphatic carbocycles. The summed E-state index contributed by atoms with van der Waals surface area (Å²) < 4.78 is 68.9. The molecule has 0 aromatic rings. The Morgan fingerprint density at radius 2 is 0.481 bits per heavy atom. The van der Waals surface area contributed by atoms with E-state index in [1.54, 1.807) is 0 Å². The van der Waals surface area contributed by atoms with Crippen LogP contribution in [0.15, 0.2) is 0 Å². The fourth-order valence-electron chi connectivity index (χ4n) is 13.6. The number of unbranched alkanes of at least 4 members (excludes halogenated alkanes) is 55. The SMILES string of the molecule is CCCCCCCCCCCCCCCCCCCCCCCCC(=O)O[C@H](COC(=O)CCCCCCCCCCCCCCCCCCCCC)COP(=O)(O)OC[C@@H](O)COP(=O)(O)OC[C@@H](COC(=O)CCCCCCCCCCC(C)CC)OC(=O)CCCCCCCCCCCCC(C)C. The van der Waals surface area contributed by atoms with Crippen LogP contribution in [0.4, 0.5) is 0 Å². The van der Waals surface area contributed by atoms with Gasteiger partial charge in [-0.05, 0) is 37.5 Å². The fourth-order valence-corrected chi connectivity index (χ4v) is 15.1.